The minimum atomic E-state index is -3.96. The molecule has 3 heterocycles. The number of fused-ring (bicyclic) bond motifs is 5. The van der Waals surface area contributed by atoms with E-state index in [9.17, 15) is 13.2 Å². The van der Waals surface area contributed by atoms with E-state index in [2.05, 4.69) is 27.8 Å². The lowest BCUT2D eigenvalue weighted by atomic mass is 9.68. The average molecular weight is 627 g/mol. The van der Waals surface area contributed by atoms with Crippen molar-refractivity contribution in [1.82, 2.24) is 4.72 Å². The van der Waals surface area contributed by atoms with Crippen molar-refractivity contribution >= 4 is 33.2 Å². The average Bonchev–Trinajstić information content (AvgIpc) is 3.40. The number of amides is 1. The van der Waals surface area contributed by atoms with Crippen molar-refractivity contribution in [3.8, 4) is 5.75 Å². The normalized spacial score (nSPS) is 34.0. The Kier molecular flexibility index (Phi) is 7.73. The number of carbonyl (C=O) groups is 1. The number of hydrogen-bond donors (Lipinski definition) is 1. The number of carbonyl (C=O) groups excluding carboxylic acids is 1. The fraction of sp³-hybridized carbons (Fsp3) is 0.545. The lowest BCUT2D eigenvalue weighted by molar-refractivity contribution is 0.0131. The number of methoxy groups -OCH3 is 1. The van der Waals surface area contributed by atoms with Crippen LogP contribution in [0.4, 0.5) is 5.69 Å². The Bertz CT molecular complexity index is 1550. The summed E-state index contributed by atoms with van der Waals surface area (Å²) >= 11 is 6.41. The zero-order chi connectivity index (χ0) is 29.8. The molecular formula is C33H39ClN2O6S. The molecule has 5 aliphatic rings. The van der Waals surface area contributed by atoms with Crippen LogP contribution in [-0.4, -0.2) is 65.7 Å². The summed E-state index contributed by atoms with van der Waals surface area (Å²) in [5.74, 6) is 0.597. The van der Waals surface area contributed by atoms with Gasteiger partial charge in [-0.15, -0.1) is 0 Å². The molecule has 10 heteroatoms. The van der Waals surface area contributed by atoms with Crippen LogP contribution in [0.25, 0.3) is 0 Å². The number of hydrogen-bond acceptors (Lipinski definition) is 7. The summed E-state index contributed by atoms with van der Waals surface area (Å²) in [4.78, 5) is 15.8. The summed E-state index contributed by atoms with van der Waals surface area (Å²) in [7, 11) is -2.20. The first kappa shape index (κ1) is 29.1. The van der Waals surface area contributed by atoms with Gasteiger partial charge in [-0.2, -0.15) is 0 Å². The summed E-state index contributed by atoms with van der Waals surface area (Å²) in [6.45, 7) is 2.46. The van der Waals surface area contributed by atoms with Gasteiger partial charge < -0.3 is 19.1 Å². The molecule has 0 unspecified atom stereocenters. The lowest BCUT2D eigenvalue weighted by Gasteiger charge is -2.46. The monoisotopic (exact) mass is 626 g/mol. The molecule has 2 aliphatic carbocycles. The molecule has 2 aromatic rings. The highest BCUT2D eigenvalue weighted by Crippen LogP contribution is 2.47. The second kappa shape index (κ2) is 11.4. The predicted octanol–water partition coefficient (Wildman–Crippen LogP) is 4.89. The maximum atomic E-state index is 13.5. The minimum Gasteiger partial charge on any atom is -0.490 e. The second-order valence-corrected chi connectivity index (χ2v) is 15.3. The first-order valence-corrected chi connectivity index (χ1v) is 17.3. The molecule has 1 spiro atoms. The SMILES string of the molecule is CO[C@H]1/C=C\C[C@@H]2COC[C@H]2S(=O)(=O)NC(=O)c2ccc3c(c2)N(C[C@@H]2CC[C@H]21)C[C@@]1(CCCc2cc(Cl)ccc21)CO3. The Morgan fingerprint density at radius 1 is 1.12 bits per heavy atom. The third-order valence-corrected chi connectivity index (χ3v) is 12.5. The molecule has 1 saturated heterocycles. The Morgan fingerprint density at radius 3 is 2.81 bits per heavy atom. The van der Waals surface area contributed by atoms with E-state index in [1.54, 1.807) is 19.2 Å². The van der Waals surface area contributed by atoms with E-state index < -0.39 is 21.2 Å². The van der Waals surface area contributed by atoms with E-state index in [1.807, 2.05) is 18.2 Å². The van der Waals surface area contributed by atoms with Crippen LogP contribution in [0.1, 0.15) is 53.6 Å². The Balaban J connectivity index is 1.30. The van der Waals surface area contributed by atoms with Crippen LogP contribution in [0.5, 0.6) is 5.75 Å². The first-order chi connectivity index (χ1) is 20.8. The van der Waals surface area contributed by atoms with Crippen LogP contribution in [0, 0.1) is 17.8 Å². The molecule has 1 N–H and O–H groups in total. The smallest absolute Gasteiger partial charge is 0.264 e. The molecular weight excluding hydrogens is 588 g/mol. The third-order valence-electron chi connectivity index (χ3n) is 10.5. The molecule has 43 heavy (non-hydrogen) atoms. The summed E-state index contributed by atoms with van der Waals surface area (Å²) < 4.78 is 47.3. The van der Waals surface area contributed by atoms with Gasteiger partial charge in [0.15, 0.2) is 0 Å². The number of ether oxygens (including phenoxy) is 3. The summed E-state index contributed by atoms with van der Waals surface area (Å²) in [6.07, 6.45) is 9.82. The molecule has 0 aromatic heterocycles. The number of allylic oxidation sites excluding steroid dienone is 1. The number of nitrogens with one attached hydrogen (secondary N) is 1. The largest absolute Gasteiger partial charge is 0.490 e. The second-order valence-electron chi connectivity index (χ2n) is 13.0. The van der Waals surface area contributed by atoms with Gasteiger partial charge in [-0.3, -0.25) is 4.79 Å². The highest BCUT2D eigenvalue weighted by atomic mass is 35.5. The molecule has 2 bridgehead atoms. The van der Waals surface area contributed by atoms with Crippen molar-refractivity contribution in [3.63, 3.8) is 0 Å². The maximum Gasteiger partial charge on any atom is 0.264 e. The first-order valence-electron chi connectivity index (χ1n) is 15.4. The number of sulfonamides is 1. The number of anilines is 1. The topological polar surface area (TPSA) is 94.2 Å². The fourth-order valence-electron chi connectivity index (χ4n) is 7.98. The van der Waals surface area contributed by atoms with Gasteiger partial charge in [-0.05, 0) is 91.8 Å². The van der Waals surface area contributed by atoms with E-state index in [0.29, 0.717) is 42.8 Å². The number of nitrogens with zero attached hydrogens (tertiary/aromatic N) is 1. The molecule has 7 rings (SSSR count). The molecule has 6 atom stereocenters. The molecule has 2 fully saturated rings. The van der Waals surface area contributed by atoms with Crippen LogP contribution in [0.15, 0.2) is 48.6 Å². The predicted molar refractivity (Wildman–Crippen MR) is 165 cm³/mol. The molecule has 1 saturated carbocycles. The van der Waals surface area contributed by atoms with Crippen LogP contribution >= 0.6 is 11.6 Å². The van der Waals surface area contributed by atoms with Gasteiger partial charge in [-0.1, -0.05) is 29.8 Å². The minimum absolute atomic E-state index is 0.0516. The molecule has 2 aromatic carbocycles. The maximum absolute atomic E-state index is 13.5. The van der Waals surface area contributed by atoms with E-state index in [-0.39, 0.29) is 24.0 Å². The highest BCUT2D eigenvalue weighted by molar-refractivity contribution is 7.90. The standard InChI is InChI=1S/C33H39ClN2O6S/c1-40-29-6-2-4-24-17-41-18-31(24)43(38,39)35-32(37)22-8-12-30-28(15-22)36(16-23-7-10-26(23)29)19-33(20-42-30)13-3-5-21-14-25(34)9-11-27(21)33/h2,6,8-9,11-12,14-15,23-24,26,29,31H,3-5,7,10,13,16-20H2,1H3,(H,35,37)/b6-2-/t23-,24+,26+,29-,31+,33-/m0/s1. The summed E-state index contributed by atoms with van der Waals surface area (Å²) in [5.41, 5.74) is 3.44. The van der Waals surface area contributed by atoms with Gasteiger partial charge in [0.1, 0.15) is 11.0 Å². The van der Waals surface area contributed by atoms with Crippen LogP contribution in [0.3, 0.4) is 0 Å². The molecule has 8 nitrogen and oxygen atoms in total. The summed E-state index contributed by atoms with van der Waals surface area (Å²) in [6, 6.07) is 11.5. The molecule has 0 radical (unpaired) electrons. The molecule has 1 amide bonds. The fourth-order valence-corrected chi connectivity index (χ4v) is 9.68. The van der Waals surface area contributed by atoms with Crippen molar-refractivity contribution in [2.24, 2.45) is 17.8 Å². The number of halogens is 1. The highest BCUT2D eigenvalue weighted by Gasteiger charge is 2.45. The van der Waals surface area contributed by atoms with E-state index in [0.717, 1.165) is 55.9 Å². The number of rotatable bonds is 1. The van der Waals surface area contributed by atoms with Gasteiger partial charge in [0, 0.05) is 42.1 Å². The van der Waals surface area contributed by atoms with E-state index in [1.165, 1.54) is 11.1 Å². The van der Waals surface area contributed by atoms with Crippen molar-refractivity contribution in [2.75, 3.05) is 44.9 Å². The van der Waals surface area contributed by atoms with Crippen molar-refractivity contribution in [1.29, 1.82) is 0 Å². The van der Waals surface area contributed by atoms with Crippen molar-refractivity contribution < 1.29 is 27.4 Å². The van der Waals surface area contributed by atoms with E-state index >= 15 is 0 Å². The van der Waals surface area contributed by atoms with Crippen molar-refractivity contribution in [2.45, 2.75) is 55.3 Å². The Morgan fingerprint density at radius 2 is 2.00 bits per heavy atom. The van der Waals surface area contributed by atoms with Crippen LogP contribution in [0.2, 0.25) is 5.02 Å². The molecule has 3 aliphatic heterocycles. The van der Waals surface area contributed by atoms with Crippen LogP contribution < -0.4 is 14.4 Å². The van der Waals surface area contributed by atoms with Gasteiger partial charge in [0.25, 0.3) is 5.91 Å². The Labute approximate surface area is 258 Å². The quantitative estimate of drug-likeness (QED) is 0.451. The van der Waals surface area contributed by atoms with Crippen LogP contribution in [-0.2, 0) is 31.3 Å². The van der Waals surface area contributed by atoms with E-state index in [4.69, 9.17) is 25.8 Å². The van der Waals surface area contributed by atoms with Gasteiger partial charge in [0.05, 0.1) is 31.6 Å². The molecule has 230 valence electrons. The third kappa shape index (κ3) is 5.36. The Hall–Kier alpha value is -2.59. The van der Waals surface area contributed by atoms with Gasteiger partial charge in [0.2, 0.25) is 10.0 Å². The number of aryl methyl sites for hydroxylation is 1. The van der Waals surface area contributed by atoms with Crippen molar-refractivity contribution in [3.05, 3.63) is 70.3 Å². The zero-order valence-electron chi connectivity index (χ0n) is 24.5. The summed E-state index contributed by atoms with van der Waals surface area (Å²) in [5, 5.41) is -0.0532. The van der Waals surface area contributed by atoms with Gasteiger partial charge >= 0.3 is 0 Å². The zero-order valence-corrected chi connectivity index (χ0v) is 26.0. The lowest BCUT2D eigenvalue weighted by Crippen LogP contribution is -2.49. The van der Waals surface area contributed by atoms with Gasteiger partial charge in [-0.25, -0.2) is 13.1 Å². The number of benzene rings is 2.